The van der Waals surface area contributed by atoms with Crippen molar-refractivity contribution in [2.24, 2.45) is 5.73 Å². The summed E-state index contributed by atoms with van der Waals surface area (Å²) in [7, 11) is 1.70. The van der Waals surface area contributed by atoms with E-state index >= 15 is 0 Å². The van der Waals surface area contributed by atoms with Gasteiger partial charge in [-0.05, 0) is 30.2 Å². The van der Waals surface area contributed by atoms with Gasteiger partial charge in [0.2, 0.25) is 0 Å². The van der Waals surface area contributed by atoms with Gasteiger partial charge in [-0.3, -0.25) is 0 Å². The van der Waals surface area contributed by atoms with Gasteiger partial charge < -0.3 is 10.5 Å². The largest absolute Gasteiger partial charge is 0.496 e. The number of para-hydroxylation sites is 1. The summed E-state index contributed by atoms with van der Waals surface area (Å²) < 4.78 is 5.40. The van der Waals surface area contributed by atoms with Gasteiger partial charge in [0.1, 0.15) is 5.75 Å². The van der Waals surface area contributed by atoms with Gasteiger partial charge >= 0.3 is 0 Å². The van der Waals surface area contributed by atoms with Crippen LogP contribution in [-0.2, 0) is 0 Å². The Labute approximate surface area is 119 Å². The lowest BCUT2D eigenvalue weighted by molar-refractivity contribution is 0.404. The average Bonchev–Trinajstić information content (AvgIpc) is 2.46. The molecule has 1 atom stereocenters. The summed E-state index contributed by atoms with van der Waals surface area (Å²) >= 11 is 1.76. The van der Waals surface area contributed by atoms with Crippen LogP contribution in [0.3, 0.4) is 0 Å². The van der Waals surface area contributed by atoms with Gasteiger partial charge in [-0.15, -0.1) is 11.8 Å². The van der Waals surface area contributed by atoms with E-state index in [1.807, 2.05) is 18.2 Å². The third-order valence-corrected chi connectivity index (χ3v) is 4.41. The number of aryl methyl sites for hydroxylation is 1. The van der Waals surface area contributed by atoms with Crippen molar-refractivity contribution >= 4 is 11.8 Å². The van der Waals surface area contributed by atoms with Gasteiger partial charge in [-0.1, -0.05) is 36.4 Å². The standard InChI is InChI=1S/C16H19NOS/c1-12-7-3-4-8-13(12)16(11-17)19-15-10-6-5-9-14(15)18-2/h3-10,16H,11,17H2,1-2H3. The molecule has 0 aliphatic heterocycles. The summed E-state index contributed by atoms with van der Waals surface area (Å²) in [6.45, 7) is 2.73. The van der Waals surface area contributed by atoms with E-state index in [4.69, 9.17) is 10.5 Å². The quantitative estimate of drug-likeness (QED) is 0.842. The van der Waals surface area contributed by atoms with Gasteiger partial charge in [-0.25, -0.2) is 0 Å². The highest BCUT2D eigenvalue weighted by atomic mass is 32.2. The van der Waals surface area contributed by atoms with Crippen molar-refractivity contribution in [1.82, 2.24) is 0 Å². The zero-order valence-electron chi connectivity index (χ0n) is 11.3. The molecule has 0 fully saturated rings. The topological polar surface area (TPSA) is 35.2 Å². The van der Waals surface area contributed by atoms with Crippen LogP contribution in [-0.4, -0.2) is 13.7 Å². The number of rotatable bonds is 5. The van der Waals surface area contributed by atoms with Gasteiger partial charge in [0.15, 0.2) is 0 Å². The lowest BCUT2D eigenvalue weighted by Crippen LogP contribution is -2.10. The molecule has 3 heteroatoms. The Bertz CT molecular complexity index is 542. The Morgan fingerprint density at radius 1 is 1.11 bits per heavy atom. The highest BCUT2D eigenvalue weighted by Crippen LogP contribution is 2.40. The second-order valence-electron chi connectivity index (χ2n) is 4.35. The molecule has 2 nitrogen and oxygen atoms in total. The molecule has 2 rings (SSSR count). The zero-order valence-corrected chi connectivity index (χ0v) is 12.1. The average molecular weight is 273 g/mol. The summed E-state index contributed by atoms with van der Waals surface area (Å²) in [5.41, 5.74) is 8.52. The number of hydrogen-bond donors (Lipinski definition) is 1. The first-order chi connectivity index (χ1) is 9.26. The van der Waals surface area contributed by atoms with Crippen LogP contribution in [0, 0.1) is 6.92 Å². The zero-order chi connectivity index (χ0) is 13.7. The Hall–Kier alpha value is -1.45. The minimum absolute atomic E-state index is 0.248. The van der Waals surface area contributed by atoms with E-state index < -0.39 is 0 Å². The highest BCUT2D eigenvalue weighted by molar-refractivity contribution is 7.99. The number of methoxy groups -OCH3 is 1. The second kappa shape index (κ2) is 6.64. The summed E-state index contributed by atoms with van der Waals surface area (Å²) in [6, 6.07) is 16.5. The van der Waals surface area contributed by atoms with Crippen LogP contribution in [0.4, 0.5) is 0 Å². The molecule has 0 aromatic heterocycles. The molecule has 1 unspecified atom stereocenters. The molecule has 2 aromatic carbocycles. The van der Waals surface area contributed by atoms with Crippen LogP contribution in [0.2, 0.25) is 0 Å². The Balaban J connectivity index is 2.27. The van der Waals surface area contributed by atoms with Crippen molar-refractivity contribution in [3.05, 3.63) is 59.7 Å². The molecule has 19 heavy (non-hydrogen) atoms. The van der Waals surface area contributed by atoms with Gasteiger partial charge in [0.05, 0.1) is 7.11 Å². The van der Waals surface area contributed by atoms with Gasteiger partial charge in [0, 0.05) is 16.7 Å². The SMILES string of the molecule is COc1ccccc1SC(CN)c1ccccc1C. The van der Waals surface area contributed by atoms with Crippen molar-refractivity contribution in [1.29, 1.82) is 0 Å². The van der Waals surface area contributed by atoms with Crippen LogP contribution in [0.15, 0.2) is 53.4 Å². The normalized spacial score (nSPS) is 12.2. The molecule has 0 aliphatic rings. The summed E-state index contributed by atoms with van der Waals surface area (Å²) in [5, 5.41) is 0.248. The van der Waals surface area contributed by atoms with Crippen LogP contribution in [0.5, 0.6) is 5.75 Å². The fourth-order valence-electron chi connectivity index (χ4n) is 2.06. The predicted octanol–water partition coefficient (Wildman–Crippen LogP) is 3.80. The van der Waals surface area contributed by atoms with E-state index in [0.29, 0.717) is 6.54 Å². The summed E-state index contributed by atoms with van der Waals surface area (Å²) in [6.07, 6.45) is 0. The smallest absolute Gasteiger partial charge is 0.132 e. The molecule has 0 amide bonds. The highest BCUT2D eigenvalue weighted by Gasteiger charge is 2.15. The van der Waals surface area contributed by atoms with Crippen molar-refractivity contribution in [3.8, 4) is 5.75 Å². The van der Waals surface area contributed by atoms with Crippen LogP contribution in [0.1, 0.15) is 16.4 Å². The van der Waals surface area contributed by atoms with Crippen molar-refractivity contribution < 1.29 is 4.74 Å². The minimum atomic E-state index is 0.248. The van der Waals surface area contributed by atoms with E-state index in [0.717, 1.165) is 10.6 Å². The molecular weight excluding hydrogens is 254 g/mol. The third-order valence-electron chi connectivity index (χ3n) is 3.09. The first kappa shape index (κ1) is 14.0. The Kier molecular flexibility index (Phi) is 4.88. The first-order valence-corrected chi connectivity index (χ1v) is 7.19. The maximum Gasteiger partial charge on any atom is 0.132 e. The molecule has 0 bridgehead atoms. The molecule has 0 spiro atoms. The number of hydrogen-bond acceptors (Lipinski definition) is 3. The van der Waals surface area contributed by atoms with Crippen molar-refractivity contribution in [2.45, 2.75) is 17.1 Å². The number of benzene rings is 2. The molecule has 2 aromatic rings. The number of ether oxygens (including phenoxy) is 1. The number of nitrogens with two attached hydrogens (primary N) is 1. The van der Waals surface area contributed by atoms with Gasteiger partial charge in [0.25, 0.3) is 0 Å². The Morgan fingerprint density at radius 3 is 2.47 bits per heavy atom. The van der Waals surface area contributed by atoms with Crippen LogP contribution < -0.4 is 10.5 Å². The maximum atomic E-state index is 5.95. The molecule has 0 radical (unpaired) electrons. The molecule has 100 valence electrons. The molecule has 0 heterocycles. The molecular formula is C16H19NOS. The van der Waals surface area contributed by atoms with E-state index in [9.17, 15) is 0 Å². The van der Waals surface area contributed by atoms with Crippen molar-refractivity contribution in [3.63, 3.8) is 0 Å². The Morgan fingerprint density at radius 2 is 1.79 bits per heavy atom. The monoisotopic (exact) mass is 273 g/mol. The molecule has 0 saturated carbocycles. The molecule has 0 saturated heterocycles. The summed E-state index contributed by atoms with van der Waals surface area (Å²) in [5.74, 6) is 0.902. The first-order valence-electron chi connectivity index (χ1n) is 6.31. The fraction of sp³-hybridized carbons (Fsp3) is 0.250. The fourth-order valence-corrected chi connectivity index (χ4v) is 3.27. The van der Waals surface area contributed by atoms with Crippen molar-refractivity contribution in [2.75, 3.05) is 13.7 Å². The maximum absolute atomic E-state index is 5.95. The van der Waals surface area contributed by atoms with E-state index in [1.165, 1.54) is 11.1 Å². The lowest BCUT2D eigenvalue weighted by atomic mass is 10.1. The number of thioether (sulfide) groups is 1. The molecule has 0 aliphatic carbocycles. The molecule has 2 N–H and O–H groups in total. The minimum Gasteiger partial charge on any atom is -0.496 e. The lowest BCUT2D eigenvalue weighted by Gasteiger charge is -2.18. The van der Waals surface area contributed by atoms with E-state index in [1.54, 1.807) is 18.9 Å². The predicted molar refractivity (Wildman–Crippen MR) is 81.8 cm³/mol. The second-order valence-corrected chi connectivity index (χ2v) is 5.59. The van der Waals surface area contributed by atoms with Crippen LogP contribution in [0.25, 0.3) is 0 Å². The van der Waals surface area contributed by atoms with E-state index in [2.05, 4.69) is 37.3 Å². The van der Waals surface area contributed by atoms with Gasteiger partial charge in [-0.2, -0.15) is 0 Å². The van der Waals surface area contributed by atoms with Crippen LogP contribution >= 0.6 is 11.8 Å². The van der Waals surface area contributed by atoms with E-state index in [-0.39, 0.29) is 5.25 Å². The third kappa shape index (κ3) is 3.31. The summed E-state index contributed by atoms with van der Waals surface area (Å²) in [4.78, 5) is 1.13.